The quantitative estimate of drug-likeness (QED) is 0.739. The number of para-hydroxylation sites is 1. The molecule has 0 saturated heterocycles. The number of fused-ring (bicyclic) bond motifs is 1. The van der Waals surface area contributed by atoms with Gasteiger partial charge in [-0.1, -0.05) is 43.9 Å². The number of nitrogens with one attached hydrogen (secondary N) is 1. The van der Waals surface area contributed by atoms with Crippen molar-refractivity contribution in [1.82, 2.24) is 9.88 Å². The number of aromatic nitrogens is 1. The highest BCUT2D eigenvalue weighted by molar-refractivity contribution is 6.12. The van der Waals surface area contributed by atoms with Gasteiger partial charge in [0, 0.05) is 11.4 Å². The number of carbonyl (C=O) groups is 2. The minimum absolute atomic E-state index is 0.108. The van der Waals surface area contributed by atoms with Crippen LogP contribution in [-0.2, 0) is 0 Å². The minimum Gasteiger partial charge on any atom is -0.494 e. The molecular formula is C18H23N3O3. The van der Waals surface area contributed by atoms with E-state index in [1.807, 2.05) is 13.0 Å². The monoisotopic (exact) mass is 329 g/mol. The lowest BCUT2D eigenvalue weighted by molar-refractivity contribution is 0.0932. The highest BCUT2D eigenvalue weighted by Gasteiger charge is 2.27. The molecule has 1 fully saturated rings. The number of hydrogen-bond donors (Lipinski definition) is 3. The van der Waals surface area contributed by atoms with E-state index in [9.17, 15) is 14.7 Å². The fourth-order valence-corrected chi connectivity index (χ4v) is 3.62. The van der Waals surface area contributed by atoms with Gasteiger partial charge < -0.3 is 16.2 Å². The van der Waals surface area contributed by atoms with Gasteiger partial charge in [-0.15, -0.1) is 0 Å². The van der Waals surface area contributed by atoms with E-state index in [-0.39, 0.29) is 17.5 Å². The van der Waals surface area contributed by atoms with Crippen LogP contribution in [0.4, 0.5) is 4.79 Å². The zero-order chi connectivity index (χ0) is 17.3. The van der Waals surface area contributed by atoms with Crippen LogP contribution in [-0.4, -0.2) is 27.7 Å². The number of nitrogens with zero attached hydrogens (tertiary/aromatic N) is 1. The van der Waals surface area contributed by atoms with Crippen molar-refractivity contribution in [2.24, 2.45) is 5.73 Å². The van der Waals surface area contributed by atoms with E-state index in [4.69, 9.17) is 5.73 Å². The predicted molar refractivity (Wildman–Crippen MR) is 92.3 cm³/mol. The zero-order valence-corrected chi connectivity index (χ0v) is 13.8. The summed E-state index contributed by atoms with van der Waals surface area (Å²) in [5.74, 6) is -0.743. The molecule has 1 saturated carbocycles. The molecular weight excluding hydrogens is 306 g/mol. The largest absolute Gasteiger partial charge is 0.494 e. The Morgan fingerprint density at radius 1 is 1.21 bits per heavy atom. The Balaban J connectivity index is 2.02. The molecule has 0 radical (unpaired) electrons. The van der Waals surface area contributed by atoms with Crippen LogP contribution in [0.3, 0.4) is 0 Å². The summed E-state index contributed by atoms with van der Waals surface area (Å²) in [6, 6.07) is 4.64. The van der Waals surface area contributed by atoms with Crippen molar-refractivity contribution in [2.75, 3.05) is 0 Å². The first kappa shape index (κ1) is 16.4. The number of hydrogen-bond acceptors (Lipinski definition) is 3. The number of primary amides is 1. The van der Waals surface area contributed by atoms with Crippen LogP contribution in [0.25, 0.3) is 10.9 Å². The molecule has 2 aromatic rings. The van der Waals surface area contributed by atoms with Crippen molar-refractivity contribution in [2.45, 2.75) is 51.5 Å². The van der Waals surface area contributed by atoms with Crippen LogP contribution in [0.5, 0.6) is 5.88 Å². The van der Waals surface area contributed by atoms with Gasteiger partial charge in [-0.25, -0.2) is 9.36 Å². The Labute approximate surface area is 140 Å². The lowest BCUT2D eigenvalue weighted by atomic mass is 10.1. The second-order valence-electron chi connectivity index (χ2n) is 6.51. The van der Waals surface area contributed by atoms with Gasteiger partial charge in [0.05, 0.1) is 5.52 Å². The molecule has 1 aliphatic carbocycles. The maximum absolute atomic E-state index is 12.8. The Hall–Kier alpha value is -2.50. The van der Waals surface area contributed by atoms with Crippen molar-refractivity contribution in [3.05, 3.63) is 29.3 Å². The molecule has 3 rings (SSSR count). The van der Waals surface area contributed by atoms with Gasteiger partial charge in [-0.05, 0) is 25.3 Å². The van der Waals surface area contributed by atoms with Crippen LogP contribution < -0.4 is 11.1 Å². The van der Waals surface area contributed by atoms with Gasteiger partial charge in [-0.2, -0.15) is 0 Å². The normalized spacial score (nSPS) is 16.0. The number of rotatable bonds is 2. The Morgan fingerprint density at radius 2 is 1.88 bits per heavy atom. The SMILES string of the molecule is Cc1cccc2c(C(=O)NC3CCCCCC3)c(O)n(C(N)=O)c12. The second-order valence-corrected chi connectivity index (χ2v) is 6.51. The summed E-state index contributed by atoms with van der Waals surface area (Å²) in [5.41, 5.74) is 6.78. The van der Waals surface area contributed by atoms with E-state index in [1.54, 1.807) is 12.1 Å². The third kappa shape index (κ3) is 2.84. The van der Waals surface area contributed by atoms with Crippen molar-refractivity contribution in [3.8, 4) is 5.88 Å². The average Bonchev–Trinajstić information content (AvgIpc) is 2.67. The van der Waals surface area contributed by atoms with Crippen LogP contribution in [0.15, 0.2) is 18.2 Å². The van der Waals surface area contributed by atoms with Crippen molar-refractivity contribution < 1.29 is 14.7 Å². The van der Waals surface area contributed by atoms with Gasteiger partial charge in [0.15, 0.2) is 0 Å². The smallest absolute Gasteiger partial charge is 0.326 e. The summed E-state index contributed by atoms with van der Waals surface area (Å²) < 4.78 is 1.01. The maximum Gasteiger partial charge on any atom is 0.326 e. The molecule has 0 spiro atoms. The zero-order valence-electron chi connectivity index (χ0n) is 13.8. The maximum atomic E-state index is 12.8. The minimum atomic E-state index is -0.805. The summed E-state index contributed by atoms with van der Waals surface area (Å²) in [5, 5.41) is 14.0. The van der Waals surface area contributed by atoms with Crippen molar-refractivity contribution in [1.29, 1.82) is 0 Å². The molecule has 6 nitrogen and oxygen atoms in total. The first-order valence-corrected chi connectivity index (χ1v) is 8.44. The number of benzene rings is 1. The summed E-state index contributed by atoms with van der Waals surface area (Å²) in [7, 11) is 0. The second kappa shape index (κ2) is 6.55. The summed E-state index contributed by atoms with van der Waals surface area (Å²) in [4.78, 5) is 24.5. The molecule has 0 atom stereocenters. The van der Waals surface area contributed by atoms with Crippen LogP contribution >= 0.6 is 0 Å². The molecule has 0 unspecified atom stereocenters. The molecule has 1 heterocycles. The Bertz CT molecular complexity index is 786. The van der Waals surface area contributed by atoms with Gasteiger partial charge >= 0.3 is 6.03 Å². The average molecular weight is 329 g/mol. The van der Waals surface area contributed by atoms with Crippen LogP contribution in [0.2, 0.25) is 0 Å². The number of amides is 2. The predicted octanol–water partition coefficient (Wildman–Crippen LogP) is 3.03. The van der Waals surface area contributed by atoms with E-state index in [0.717, 1.165) is 35.8 Å². The van der Waals surface area contributed by atoms with Crippen molar-refractivity contribution >= 4 is 22.8 Å². The van der Waals surface area contributed by atoms with Gasteiger partial charge in [-0.3, -0.25) is 4.79 Å². The Morgan fingerprint density at radius 3 is 2.50 bits per heavy atom. The fraction of sp³-hybridized carbons (Fsp3) is 0.444. The van der Waals surface area contributed by atoms with E-state index in [2.05, 4.69) is 5.32 Å². The molecule has 6 heteroatoms. The summed E-state index contributed by atoms with van der Waals surface area (Å²) >= 11 is 0. The fourth-order valence-electron chi connectivity index (χ4n) is 3.62. The van der Waals surface area contributed by atoms with Crippen LogP contribution in [0, 0.1) is 6.92 Å². The highest BCUT2D eigenvalue weighted by atomic mass is 16.3. The summed E-state index contributed by atoms with van der Waals surface area (Å²) in [6.07, 6.45) is 6.47. The number of aromatic hydroxyl groups is 1. The molecule has 1 aromatic heterocycles. The van der Waals surface area contributed by atoms with E-state index in [1.165, 1.54) is 12.8 Å². The molecule has 24 heavy (non-hydrogen) atoms. The molecule has 1 aliphatic rings. The molecule has 1 aromatic carbocycles. The lowest BCUT2D eigenvalue weighted by Gasteiger charge is -2.16. The van der Waals surface area contributed by atoms with E-state index < -0.39 is 11.9 Å². The number of carbonyl (C=O) groups excluding carboxylic acids is 2. The van der Waals surface area contributed by atoms with Gasteiger partial charge in [0.1, 0.15) is 5.56 Å². The summed E-state index contributed by atoms with van der Waals surface area (Å²) in [6.45, 7) is 1.81. The molecule has 128 valence electrons. The molecule has 2 amide bonds. The topological polar surface area (TPSA) is 97.3 Å². The molecule has 0 aliphatic heterocycles. The Kier molecular flexibility index (Phi) is 4.46. The third-order valence-electron chi connectivity index (χ3n) is 4.80. The molecule has 0 bridgehead atoms. The standard InChI is InChI=1S/C18H23N3O3/c1-11-7-6-10-13-14(17(23)21(15(11)13)18(19)24)16(22)20-12-8-4-2-3-5-9-12/h6-7,10,12,23H,2-5,8-9H2,1H3,(H2,19,24)(H,20,22). The first-order valence-electron chi connectivity index (χ1n) is 8.44. The van der Waals surface area contributed by atoms with E-state index in [0.29, 0.717) is 10.9 Å². The van der Waals surface area contributed by atoms with Crippen LogP contribution in [0.1, 0.15) is 54.4 Å². The highest BCUT2D eigenvalue weighted by Crippen LogP contribution is 2.33. The van der Waals surface area contributed by atoms with E-state index >= 15 is 0 Å². The van der Waals surface area contributed by atoms with Crippen molar-refractivity contribution in [3.63, 3.8) is 0 Å². The number of nitrogens with two attached hydrogens (primary N) is 1. The van der Waals surface area contributed by atoms with Gasteiger partial charge in [0.2, 0.25) is 5.88 Å². The van der Waals surface area contributed by atoms with Gasteiger partial charge in [0.25, 0.3) is 5.91 Å². The molecule has 4 N–H and O–H groups in total. The first-order chi connectivity index (χ1) is 11.5. The lowest BCUT2D eigenvalue weighted by Crippen LogP contribution is -2.34. The number of aryl methyl sites for hydroxylation is 1. The third-order valence-corrected chi connectivity index (χ3v) is 4.80.